The first-order chi connectivity index (χ1) is 13.2. The molecule has 6 nitrogen and oxygen atoms in total. The Bertz CT molecular complexity index is 872. The summed E-state index contributed by atoms with van der Waals surface area (Å²) in [4.78, 5) is 4.65. The van der Waals surface area contributed by atoms with Crippen LogP contribution in [0.4, 0.5) is 10.1 Å². The van der Waals surface area contributed by atoms with Gasteiger partial charge in [-0.1, -0.05) is 0 Å². The van der Waals surface area contributed by atoms with E-state index in [1.54, 1.807) is 19.2 Å². The highest BCUT2D eigenvalue weighted by atomic mass is 19.1. The topological polar surface area (TPSA) is 54.6 Å². The van der Waals surface area contributed by atoms with Crippen molar-refractivity contribution in [1.29, 1.82) is 0 Å². The molecule has 2 aromatic carbocycles. The molecule has 1 fully saturated rings. The molecular weight excluding hydrogens is 347 g/mol. The molecule has 0 saturated carbocycles. The number of benzene rings is 2. The molecule has 1 aliphatic rings. The number of hydrogen-bond donors (Lipinski definition) is 0. The van der Waals surface area contributed by atoms with E-state index in [2.05, 4.69) is 32.1 Å². The number of anilines is 1. The van der Waals surface area contributed by atoms with Crippen molar-refractivity contribution in [2.45, 2.75) is 6.54 Å². The average Bonchev–Trinajstić information content (AvgIpc) is 3.18. The van der Waals surface area contributed by atoms with Crippen LogP contribution in [-0.4, -0.2) is 48.4 Å². The summed E-state index contributed by atoms with van der Waals surface area (Å²) in [6.45, 7) is 4.32. The van der Waals surface area contributed by atoms with Crippen LogP contribution in [0.5, 0.6) is 5.75 Å². The summed E-state index contributed by atoms with van der Waals surface area (Å²) in [6, 6.07) is 14.2. The number of ether oxygens (including phenoxy) is 1. The van der Waals surface area contributed by atoms with E-state index in [9.17, 15) is 4.39 Å². The van der Waals surface area contributed by atoms with Crippen molar-refractivity contribution in [3.8, 4) is 17.2 Å². The minimum absolute atomic E-state index is 0.284. The number of hydrogen-bond acceptors (Lipinski definition) is 6. The van der Waals surface area contributed by atoms with E-state index in [1.807, 2.05) is 12.1 Å². The van der Waals surface area contributed by atoms with E-state index >= 15 is 0 Å². The molecule has 3 aromatic rings. The first kappa shape index (κ1) is 17.5. The van der Waals surface area contributed by atoms with Gasteiger partial charge >= 0.3 is 0 Å². The Balaban J connectivity index is 1.33. The molecule has 0 aliphatic carbocycles. The molecule has 0 N–H and O–H groups in total. The molecule has 0 unspecified atom stereocenters. The summed E-state index contributed by atoms with van der Waals surface area (Å²) in [5.41, 5.74) is 1.92. The fourth-order valence-electron chi connectivity index (χ4n) is 3.18. The van der Waals surface area contributed by atoms with Gasteiger partial charge in [0.1, 0.15) is 11.6 Å². The van der Waals surface area contributed by atoms with Gasteiger partial charge in [0.25, 0.3) is 0 Å². The second-order valence-corrected chi connectivity index (χ2v) is 6.47. The predicted octanol–water partition coefficient (Wildman–Crippen LogP) is 3.21. The lowest BCUT2D eigenvalue weighted by Gasteiger charge is -2.35. The highest BCUT2D eigenvalue weighted by Gasteiger charge is 2.19. The number of rotatable bonds is 5. The van der Waals surface area contributed by atoms with E-state index in [4.69, 9.17) is 9.15 Å². The third-order valence-electron chi connectivity index (χ3n) is 4.73. The zero-order chi connectivity index (χ0) is 18.6. The zero-order valence-corrected chi connectivity index (χ0v) is 15.1. The molecule has 1 aromatic heterocycles. The van der Waals surface area contributed by atoms with E-state index in [0.717, 1.165) is 37.5 Å². The Morgan fingerprint density at radius 1 is 0.963 bits per heavy atom. The van der Waals surface area contributed by atoms with E-state index in [0.29, 0.717) is 18.3 Å². The van der Waals surface area contributed by atoms with Gasteiger partial charge in [0.05, 0.1) is 13.7 Å². The van der Waals surface area contributed by atoms with Gasteiger partial charge in [-0.3, -0.25) is 4.90 Å². The lowest BCUT2D eigenvalue weighted by Crippen LogP contribution is -2.46. The first-order valence-corrected chi connectivity index (χ1v) is 8.91. The predicted molar refractivity (Wildman–Crippen MR) is 100 cm³/mol. The van der Waals surface area contributed by atoms with Gasteiger partial charge in [-0.05, 0) is 48.5 Å². The monoisotopic (exact) mass is 368 g/mol. The van der Waals surface area contributed by atoms with E-state index < -0.39 is 0 Å². The highest BCUT2D eigenvalue weighted by molar-refractivity contribution is 5.52. The largest absolute Gasteiger partial charge is 0.497 e. The molecule has 0 bridgehead atoms. The summed E-state index contributed by atoms with van der Waals surface area (Å²) in [6.07, 6.45) is 0. The quantitative estimate of drug-likeness (QED) is 0.689. The summed E-state index contributed by atoms with van der Waals surface area (Å²) in [7, 11) is 1.67. The lowest BCUT2D eigenvalue weighted by molar-refractivity contribution is 0.227. The number of aromatic nitrogens is 2. The molecule has 2 heterocycles. The second-order valence-electron chi connectivity index (χ2n) is 6.47. The van der Waals surface area contributed by atoms with Crippen LogP contribution in [0.15, 0.2) is 52.9 Å². The lowest BCUT2D eigenvalue weighted by atomic mass is 10.2. The third kappa shape index (κ3) is 4.09. The average molecular weight is 368 g/mol. The maximum Gasteiger partial charge on any atom is 0.247 e. The van der Waals surface area contributed by atoms with Gasteiger partial charge in [0.2, 0.25) is 11.8 Å². The Hall–Kier alpha value is -2.93. The van der Waals surface area contributed by atoms with E-state index in [-0.39, 0.29) is 5.82 Å². The van der Waals surface area contributed by atoms with E-state index in [1.165, 1.54) is 17.8 Å². The number of piperazine rings is 1. The van der Waals surface area contributed by atoms with Crippen LogP contribution in [0.25, 0.3) is 11.5 Å². The van der Waals surface area contributed by atoms with Gasteiger partial charge in [-0.15, -0.1) is 10.2 Å². The van der Waals surface area contributed by atoms with Crippen molar-refractivity contribution in [2.75, 3.05) is 38.2 Å². The summed E-state index contributed by atoms with van der Waals surface area (Å²) in [5, 5.41) is 8.20. The molecule has 0 atom stereocenters. The fraction of sp³-hybridized carbons (Fsp3) is 0.300. The Morgan fingerprint density at radius 3 is 2.33 bits per heavy atom. The standard InChI is InChI=1S/C20H21FN4O2/c1-26-18-8-6-17(7-9-18)25-12-10-24(11-13-25)14-19-22-23-20(27-19)15-2-4-16(21)5-3-15/h2-9H,10-14H2,1H3. The van der Waals surface area contributed by atoms with Crippen LogP contribution in [-0.2, 0) is 6.54 Å². The van der Waals surface area contributed by atoms with Gasteiger partial charge in [-0.25, -0.2) is 4.39 Å². The first-order valence-electron chi connectivity index (χ1n) is 8.91. The highest BCUT2D eigenvalue weighted by Crippen LogP contribution is 2.22. The van der Waals surface area contributed by atoms with Gasteiger partial charge < -0.3 is 14.1 Å². The van der Waals surface area contributed by atoms with Crippen LogP contribution in [0.3, 0.4) is 0 Å². The molecule has 0 radical (unpaired) electrons. The normalized spacial score (nSPS) is 15.1. The van der Waals surface area contributed by atoms with Crippen LogP contribution in [0, 0.1) is 5.82 Å². The van der Waals surface area contributed by atoms with Crippen LogP contribution in [0.1, 0.15) is 5.89 Å². The number of halogens is 1. The van der Waals surface area contributed by atoms with Crippen molar-refractivity contribution in [2.24, 2.45) is 0 Å². The maximum atomic E-state index is 13.0. The second kappa shape index (κ2) is 7.75. The molecular formula is C20H21FN4O2. The molecule has 0 amide bonds. The minimum Gasteiger partial charge on any atom is -0.497 e. The molecule has 1 aliphatic heterocycles. The molecule has 140 valence electrons. The third-order valence-corrected chi connectivity index (χ3v) is 4.73. The smallest absolute Gasteiger partial charge is 0.247 e. The Kier molecular flexibility index (Phi) is 5.02. The summed E-state index contributed by atoms with van der Waals surface area (Å²) in [5.74, 6) is 1.58. The molecule has 0 spiro atoms. The van der Waals surface area contributed by atoms with Crippen molar-refractivity contribution in [3.05, 3.63) is 60.2 Å². The van der Waals surface area contributed by atoms with Crippen molar-refractivity contribution in [1.82, 2.24) is 15.1 Å². The zero-order valence-electron chi connectivity index (χ0n) is 15.1. The van der Waals surface area contributed by atoms with Crippen molar-refractivity contribution >= 4 is 5.69 Å². The Labute approximate surface area is 157 Å². The molecule has 4 rings (SSSR count). The molecule has 7 heteroatoms. The van der Waals surface area contributed by atoms with Crippen molar-refractivity contribution < 1.29 is 13.5 Å². The molecule has 1 saturated heterocycles. The van der Waals surface area contributed by atoms with Crippen LogP contribution < -0.4 is 9.64 Å². The number of nitrogens with zero attached hydrogens (tertiary/aromatic N) is 4. The van der Waals surface area contributed by atoms with Crippen LogP contribution in [0.2, 0.25) is 0 Å². The minimum atomic E-state index is -0.284. The maximum absolute atomic E-state index is 13.0. The number of methoxy groups -OCH3 is 1. The Morgan fingerprint density at radius 2 is 1.67 bits per heavy atom. The van der Waals surface area contributed by atoms with Crippen molar-refractivity contribution in [3.63, 3.8) is 0 Å². The summed E-state index contributed by atoms with van der Waals surface area (Å²) < 4.78 is 24.0. The van der Waals surface area contributed by atoms with Gasteiger partial charge in [0, 0.05) is 37.4 Å². The van der Waals surface area contributed by atoms with Gasteiger partial charge in [0.15, 0.2) is 0 Å². The summed E-state index contributed by atoms with van der Waals surface area (Å²) >= 11 is 0. The molecule has 27 heavy (non-hydrogen) atoms. The SMILES string of the molecule is COc1ccc(N2CCN(Cc3nnc(-c4ccc(F)cc4)o3)CC2)cc1. The van der Waals surface area contributed by atoms with Crippen LogP contribution >= 0.6 is 0 Å². The fourth-order valence-corrected chi connectivity index (χ4v) is 3.18. The van der Waals surface area contributed by atoms with Gasteiger partial charge in [-0.2, -0.15) is 0 Å².